The second-order valence-corrected chi connectivity index (χ2v) is 7.81. The van der Waals surface area contributed by atoms with Crippen molar-refractivity contribution in [3.8, 4) is 0 Å². The van der Waals surface area contributed by atoms with E-state index in [1.165, 1.54) is 11.3 Å². The summed E-state index contributed by atoms with van der Waals surface area (Å²) in [6.07, 6.45) is 1.08. The first-order valence-electron chi connectivity index (χ1n) is 9.27. The Bertz CT molecular complexity index is 795. The van der Waals surface area contributed by atoms with Crippen molar-refractivity contribution >= 4 is 28.8 Å². The molecule has 27 heavy (non-hydrogen) atoms. The molecule has 2 amide bonds. The Morgan fingerprint density at radius 1 is 1.11 bits per heavy atom. The van der Waals surface area contributed by atoms with E-state index in [0.29, 0.717) is 22.2 Å². The normalized spacial score (nSPS) is 20.6. The molecule has 1 atom stereocenters. The average molecular weight is 385 g/mol. The summed E-state index contributed by atoms with van der Waals surface area (Å²) in [5.41, 5.74) is 1.25. The number of piperazine rings is 1. The van der Waals surface area contributed by atoms with E-state index in [9.17, 15) is 9.59 Å². The van der Waals surface area contributed by atoms with Gasteiger partial charge in [-0.3, -0.25) is 14.5 Å². The van der Waals surface area contributed by atoms with Gasteiger partial charge in [-0.05, 0) is 36.1 Å². The molecule has 0 aliphatic carbocycles. The van der Waals surface area contributed by atoms with Crippen molar-refractivity contribution in [2.75, 3.05) is 44.7 Å². The molecule has 2 aromatic rings. The molecule has 0 bridgehead atoms. The molecular formula is C20H23N3O3S. The molecule has 2 saturated heterocycles. The summed E-state index contributed by atoms with van der Waals surface area (Å²) in [4.78, 5) is 30.0. The van der Waals surface area contributed by atoms with Crippen LogP contribution in [-0.4, -0.2) is 67.0 Å². The quantitative estimate of drug-likeness (QED) is 0.879. The molecular weight excluding hydrogens is 362 g/mol. The standard InChI is InChI=1S/C20H23N3O3S/c24-19(18-5-2-12-27-18)21-16-4-1-3-15(13-16)20(25)23-9-7-22(8-10-23)17-6-11-26-14-17/h1-5,12-13,17H,6-11,14H2,(H,21,24). The monoisotopic (exact) mass is 385 g/mol. The van der Waals surface area contributed by atoms with Crippen LogP contribution in [0.2, 0.25) is 0 Å². The van der Waals surface area contributed by atoms with Crippen molar-refractivity contribution < 1.29 is 14.3 Å². The largest absolute Gasteiger partial charge is 0.380 e. The molecule has 2 aliphatic rings. The lowest BCUT2D eigenvalue weighted by atomic mass is 10.1. The molecule has 0 radical (unpaired) electrons. The van der Waals surface area contributed by atoms with Gasteiger partial charge in [-0.25, -0.2) is 0 Å². The number of thiophene rings is 1. The number of carbonyl (C=O) groups is 2. The van der Waals surface area contributed by atoms with Gasteiger partial charge in [-0.15, -0.1) is 11.3 Å². The molecule has 7 heteroatoms. The number of rotatable bonds is 4. The minimum absolute atomic E-state index is 0.0181. The number of hydrogen-bond acceptors (Lipinski definition) is 5. The topological polar surface area (TPSA) is 61.9 Å². The second kappa shape index (κ2) is 8.21. The van der Waals surface area contributed by atoms with Crippen LogP contribution in [0.1, 0.15) is 26.5 Å². The summed E-state index contributed by atoms with van der Waals surface area (Å²) < 4.78 is 5.47. The summed E-state index contributed by atoms with van der Waals surface area (Å²) >= 11 is 1.39. The number of nitrogens with zero attached hydrogens (tertiary/aromatic N) is 2. The van der Waals surface area contributed by atoms with Crippen molar-refractivity contribution in [1.82, 2.24) is 9.80 Å². The molecule has 4 rings (SSSR count). The third kappa shape index (κ3) is 4.21. The van der Waals surface area contributed by atoms with Crippen LogP contribution < -0.4 is 5.32 Å². The Hall–Kier alpha value is -2.22. The summed E-state index contributed by atoms with van der Waals surface area (Å²) in [7, 11) is 0. The highest BCUT2D eigenvalue weighted by atomic mass is 32.1. The highest BCUT2D eigenvalue weighted by Gasteiger charge is 2.28. The van der Waals surface area contributed by atoms with Crippen LogP contribution in [0.4, 0.5) is 5.69 Å². The predicted octanol–water partition coefficient (Wildman–Crippen LogP) is 2.55. The predicted molar refractivity (Wildman–Crippen MR) is 105 cm³/mol. The fourth-order valence-electron chi connectivity index (χ4n) is 3.61. The van der Waals surface area contributed by atoms with Crippen molar-refractivity contribution in [3.05, 3.63) is 52.2 Å². The van der Waals surface area contributed by atoms with Gasteiger partial charge >= 0.3 is 0 Å². The molecule has 6 nitrogen and oxygen atoms in total. The van der Waals surface area contributed by atoms with Gasteiger partial charge in [0.15, 0.2) is 0 Å². The Kier molecular flexibility index (Phi) is 5.52. The van der Waals surface area contributed by atoms with Crippen LogP contribution >= 0.6 is 11.3 Å². The van der Waals surface area contributed by atoms with Gasteiger partial charge < -0.3 is 15.0 Å². The summed E-state index contributed by atoms with van der Waals surface area (Å²) in [6.45, 7) is 4.86. The van der Waals surface area contributed by atoms with Crippen molar-refractivity contribution in [2.24, 2.45) is 0 Å². The molecule has 0 spiro atoms. The first-order chi connectivity index (χ1) is 13.2. The van der Waals surface area contributed by atoms with E-state index in [1.54, 1.807) is 24.3 Å². The zero-order valence-corrected chi connectivity index (χ0v) is 15.9. The Morgan fingerprint density at radius 3 is 2.67 bits per heavy atom. The van der Waals surface area contributed by atoms with Gasteiger partial charge in [-0.1, -0.05) is 12.1 Å². The first-order valence-corrected chi connectivity index (χ1v) is 10.1. The fraction of sp³-hybridized carbons (Fsp3) is 0.400. The average Bonchev–Trinajstić information content (AvgIpc) is 3.42. The number of nitrogens with one attached hydrogen (secondary N) is 1. The molecule has 1 N–H and O–H groups in total. The highest BCUT2D eigenvalue weighted by molar-refractivity contribution is 7.12. The van der Waals surface area contributed by atoms with E-state index in [4.69, 9.17) is 4.74 Å². The van der Waals surface area contributed by atoms with Gasteiger partial charge in [0.1, 0.15) is 0 Å². The third-order valence-electron chi connectivity index (χ3n) is 5.14. The van der Waals surface area contributed by atoms with Crippen molar-refractivity contribution in [3.63, 3.8) is 0 Å². The maximum atomic E-state index is 12.9. The number of amides is 2. The van der Waals surface area contributed by atoms with Gasteiger partial charge in [-0.2, -0.15) is 0 Å². The third-order valence-corrected chi connectivity index (χ3v) is 6.00. The Labute approximate surface area is 162 Å². The molecule has 2 aliphatic heterocycles. The number of carbonyl (C=O) groups excluding carboxylic acids is 2. The highest BCUT2D eigenvalue weighted by Crippen LogP contribution is 2.19. The van der Waals surface area contributed by atoms with Crippen LogP contribution in [0.5, 0.6) is 0 Å². The SMILES string of the molecule is O=C(Nc1cccc(C(=O)N2CCN(C3CCOC3)CC2)c1)c1cccs1. The Morgan fingerprint density at radius 2 is 1.96 bits per heavy atom. The summed E-state index contributed by atoms with van der Waals surface area (Å²) in [5.74, 6) is -0.133. The first kappa shape index (κ1) is 18.2. The maximum Gasteiger partial charge on any atom is 0.265 e. The van der Waals surface area contributed by atoms with Gasteiger partial charge in [0.25, 0.3) is 11.8 Å². The van der Waals surface area contributed by atoms with Crippen molar-refractivity contribution in [2.45, 2.75) is 12.5 Å². The minimum atomic E-state index is -0.151. The number of hydrogen-bond donors (Lipinski definition) is 1. The van der Waals surface area contributed by atoms with Gasteiger partial charge in [0.2, 0.25) is 0 Å². The number of ether oxygens (including phenoxy) is 1. The maximum absolute atomic E-state index is 12.9. The summed E-state index contributed by atoms with van der Waals surface area (Å²) in [5, 5.41) is 4.73. The van der Waals surface area contributed by atoms with Crippen LogP contribution in [0.25, 0.3) is 0 Å². The van der Waals surface area contributed by atoms with E-state index < -0.39 is 0 Å². The Balaban J connectivity index is 1.37. The number of benzene rings is 1. The molecule has 2 fully saturated rings. The van der Waals surface area contributed by atoms with Crippen LogP contribution in [0, 0.1) is 0 Å². The summed E-state index contributed by atoms with van der Waals surface area (Å²) in [6, 6.07) is 11.3. The van der Waals surface area contributed by atoms with E-state index in [0.717, 1.165) is 45.8 Å². The van der Waals surface area contributed by atoms with Crippen LogP contribution in [0.3, 0.4) is 0 Å². The lowest BCUT2D eigenvalue weighted by Crippen LogP contribution is -2.52. The fourth-order valence-corrected chi connectivity index (χ4v) is 4.23. The van der Waals surface area contributed by atoms with Gasteiger partial charge in [0.05, 0.1) is 11.5 Å². The molecule has 3 heterocycles. The minimum Gasteiger partial charge on any atom is -0.380 e. The van der Waals surface area contributed by atoms with Crippen molar-refractivity contribution in [1.29, 1.82) is 0 Å². The lowest BCUT2D eigenvalue weighted by Gasteiger charge is -2.37. The van der Waals surface area contributed by atoms with E-state index in [-0.39, 0.29) is 11.8 Å². The lowest BCUT2D eigenvalue weighted by molar-refractivity contribution is 0.0549. The molecule has 1 aromatic heterocycles. The molecule has 1 unspecified atom stereocenters. The van der Waals surface area contributed by atoms with Crippen LogP contribution in [-0.2, 0) is 4.74 Å². The van der Waals surface area contributed by atoms with Crippen LogP contribution in [0.15, 0.2) is 41.8 Å². The molecule has 1 aromatic carbocycles. The second-order valence-electron chi connectivity index (χ2n) is 6.86. The van der Waals surface area contributed by atoms with E-state index in [2.05, 4.69) is 10.2 Å². The van der Waals surface area contributed by atoms with Gasteiger partial charge in [0, 0.05) is 50.1 Å². The molecule has 0 saturated carbocycles. The smallest absolute Gasteiger partial charge is 0.265 e. The zero-order valence-electron chi connectivity index (χ0n) is 15.1. The van der Waals surface area contributed by atoms with E-state index >= 15 is 0 Å². The zero-order chi connectivity index (χ0) is 18.6. The number of anilines is 1. The molecule has 142 valence electrons. The van der Waals surface area contributed by atoms with E-state index in [1.807, 2.05) is 22.4 Å².